The van der Waals surface area contributed by atoms with Crippen LogP contribution in [-0.2, 0) is 26.0 Å². The summed E-state index contributed by atoms with van der Waals surface area (Å²) in [6, 6.07) is 13.2. The maximum absolute atomic E-state index is 13.5. The number of hydrogen-bond acceptors (Lipinski definition) is 5. The number of benzene rings is 2. The van der Waals surface area contributed by atoms with Crippen LogP contribution >= 0.6 is 11.6 Å². The number of fused-ring (bicyclic) bond motifs is 2. The Labute approximate surface area is 200 Å². The molecule has 0 radical (unpaired) electrons. The Balaban J connectivity index is 1.65. The molecule has 6 nitrogen and oxygen atoms in total. The van der Waals surface area contributed by atoms with E-state index in [1.54, 1.807) is 36.4 Å². The van der Waals surface area contributed by atoms with E-state index < -0.39 is 27.8 Å². The molecular weight excluding hydrogens is 462 g/mol. The molecule has 2 fully saturated rings. The largest absolute Gasteiger partial charge is 0.442 e. The Morgan fingerprint density at radius 3 is 2.45 bits per heavy atom. The fraction of sp³-hybridized carbons (Fsp3) is 0.480. The lowest BCUT2D eigenvalue weighted by Gasteiger charge is -2.32. The highest BCUT2D eigenvalue weighted by atomic mass is 35.5. The molecule has 2 saturated heterocycles. The minimum absolute atomic E-state index is 0.0196. The fourth-order valence-corrected chi connectivity index (χ4v) is 6.26. The van der Waals surface area contributed by atoms with Crippen molar-refractivity contribution in [1.82, 2.24) is 4.31 Å². The summed E-state index contributed by atoms with van der Waals surface area (Å²) in [6.45, 7) is 7.78. The lowest BCUT2D eigenvalue weighted by atomic mass is 9.75. The van der Waals surface area contributed by atoms with Gasteiger partial charge in [-0.05, 0) is 56.4 Å². The van der Waals surface area contributed by atoms with Crippen LogP contribution in [0.5, 0.6) is 0 Å². The predicted molar refractivity (Wildman–Crippen MR) is 127 cm³/mol. The lowest BCUT2D eigenvalue weighted by Crippen LogP contribution is -2.45. The first kappa shape index (κ1) is 24.0. The number of halogens is 1. The molecule has 2 bridgehead atoms. The third-order valence-corrected chi connectivity index (χ3v) is 9.17. The molecular formula is C25H30ClNO5S. The van der Waals surface area contributed by atoms with E-state index in [0.29, 0.717) is 17.0 Å². The van der Waals surface area contributed by atoms with E-state index in [1.807, 2.05) is 13.8 Å². The molecule has 8 heteroatoms. The summed E-state index contributed by atoms with van der Waals surface area (Å²) in [6.07, 6.45) is 0.774. The van der Waals surface area contributed by atoms with Crippen molar-refractivity contribution < 1.29 is 22.7 Å². The molecule has 178 valence electrons. The number of rotatable bonds is 6. The van der Waals surface area contributed by atoms with Gasteiger partial charge in [0.05, 0.1) is 17.0 Å². The number of carbonyl (C=O) groups is 1. The molecule has 0 N–H and O–H groups in total. The molecule has 2 heterocycles. The Kier molecular flexibility index (Phi) is 6.27. The third-order valence-electron chi connectivity index (χ3n) is 7.07. The van der Waals surface area contributed by atoms with Gasteiger partial charge in [0.2, 0.25) is 0 Å². The lowest BCUT2D eigenvalue weighted by molar-refractivity contribution is -0.0827. The maximum atomic E-state index is 13.5. The third kappa shape index (κ3) is 4.38. The fourth-order valence-electron chi connectivity index (χ4n) is 4.78. The molecule has 2 aliphatic heterocycles. The summed E-state index contributed by atoms with van der Waals surface area (Å²) in [5.41, 5.74) is 0.466. The van der Waals surface area contributed by atoms with E-state index >= 15 is 0 Å². The molecule has 4 rings (SSSR count). The Bertz CT molecular complexity index is 1150. The summed E-state index contributed by atoms with van der Waals surface area (Å²) in [4.78, 5) is 13.4. The van der Waals surface area contributed by atoms with E-state index in [1.165, 1.54) is 12.1 Å². The van der Waals surface area contributed by atoms with Crippen LogP contribution in [0, 0.1) is 12.8 Å². The van der Waals surface area contributed by atoms with Gasteiger partial charge < -0.3 is 9.47 Å². The van der Waals surface area contributed by atoms with Gasteiger partial charge in [0.25, 0.3) is 10.0 Å². The molecule has 1 amide bonds. The zero-order valence-electron chi connectivity index (χ0n) is 19.4. The predicted octanol–water partition coefficient (Wildman–Crippen LogP) is 5.71. The summed E-state index contributed by atoms with van der Waals surface area (Å²) < 4.78 is 40.1. The van der Waals surface area contributed by atoms with Crippen molar-refractivity contribution in [3.63, 3.8) is 0 Å². The van der Waals surface area contributed by atoms with Gasteiger partial charge >= 0.3 is 6.09 Å². The van der Waals surface area contributed by atoms with Crippen LogP contribution in [0.3, 0.4) is 0 Å². The van der Waals surface area contributed by atoms with Crippen molar-refractivity contribution in [3.8, 4) is 0 Å². The topological polar surface area (TPSA) is 72.9 Å². The second-order valence-corrected chi connectivity index (χ2v) is 11.9. The highest BCUT2D eigenvalue weighted by Crippen LogP contribution is 2.55. The number of ether oxygens (including phenoxy) is 2. The van der Waals surface area contributed by atoms with E-state index in [4.69, 9.17) is 21.1 Å². The van der Waals surface area contributed by atoms with Gasteiger partial charge in [-0.1, -0.05) is 61.3 Å². The van der Waals surface area contributed by atoms with Crippen LogP contribution in [0.4, 0.5) is 4.79 Å². The van der Waals surface area contributed by atoms with Gasteiger partial charge in [-0.2, -0.15) is 4.31 Å². The maximum Gasteiger partial charge on any atom is 0.424 e. The Morgan fingerprint density at radius 1 is 1.18 bits per heavy atom. The van der Waals surface area contributed by atoms with Gasteiger partial charge in [-0.3, -0.25) is 0 Å². The van der Waals surface area contributed by atoms with Gasteiger partial charge in [0.15, 0.2) is 0 Å². The van der Waals surface area contributed by atoms with Gasteiger partial charge in [-0.15, -0.1) is 0 Å². The molecule has 2 aromatic rings. The monoisotopic (exact) mass is 491 g/mol. The number of nitrogens with zero attached hydrogens (tertiary/aromatic N) is 1. The van der Waals surface area contributed by atoms with Crippen molar-refractivity contribution in [2.75, 3.05) is 0 Å². The van der Waals surface area contributed by atoms with E-state index in [-0.39, 0.29) is 23.0 Å². The number of aryl methyl sites for hydroxylation is 1. The van der Waals surface area contributed by atoms with Gasteiger partial charge in [-0.25, -0.2) is 13.2 Å². The highest BCUT2D eigenvalue weighted by molar-refractivity contribution is 7.89. The van der Waals surface area contributed by atoms with E-state index in [0.717, 1.165) is 22.7 Å². The van der Waals surface area contributed by atoms with Crippen molar-refractivity contribution >= 4 is 27.7 Å². The quantitative estimate of drug-likeness (QED) is 0.517. The van der Waals surface area contributed by atoms with Crippen molar-refractivity contribution in [2.45, 2.75) is 75.7 Å². The average molecular weight is 492 g/mol. The first-order valence-electron chi connectivity index (χ1n) is 11.2. The van der Waals surface area contributed by atoms with Crippen LogP contribution in [0.1, 0.15) is 51.2 Å². The number of sulfonamides is 1. The first-order valence-corrected chi connectivity index (χ1v) is 13.0. The first-order chi connectivity index (χ1) is 15.5. The van der Waals surface area contributed by atoms with E-state index in [9.17, 15) is 13.2 Å². The molecule has 33 heavy (non-hydrogen) atoms. The normalized spacial score (nSPS) is 26.5. The average Bonchev–Trinajstić information content (AvgIpc) is 3.25. The second-order valence-electron chi connectivity index (χ2n) is 9.63. The molecule has 0 spiro atoms. The van der Waals surface area contributed by atoms with Crippen molar-refractivity contribution in [1.29, 1.82) is 0 Å². The minimum atomic E-state index is -4.18. The van der Waals surface area contributed by atoms with Crippen LogP contribution in [0.15, 0.2) is 53.4 Å². The standard InChI is InChI=1S/C25H30ClNO5S/c1-17(2)25-14-13-24(4,32-25)22(15-25)31-23(28)27(16-19-7-5-6-8-21(19)26)33(29,30)20-11-9-18(3)10-12-20/h5-12,17,22H,13-16H2,1-4H3/t22-,24+,25+/m1/s1. The summed E-state index contributed by atoms with van der Waals surface area (Å²) in [5.74, 6) is 0.263. The Morgan fingerprint density at radius 2 is 1.85 bits per heavy atom. The van der Waals surface area contributed by atoms with Gasteiger partial charge in [0, 0.05) is 11.4 Å². The van der Waals surface area contributed by atoms with Crippen LogP contribution in [0.25, 0.3) is 0 Å². The smallest absolute Gasteiger partial charge is 0.424 e. The zero-order chi connectivity index (χ0) is 24.0. The second kappa shape index (κ2) is 8.60. The molecule has 3 atom stereocenters. The Hall–Kier alpha value is -2.09. The molecule has 0 unspecified atom stereocenters. The summed E-state index contributed by atoms with van der Waals surface area (Å²) in [7, 11) is -4.18. The van der Waals surface area contributed by atoms with Crippen LogP contribution < -0.4 is 0 Å². The summed E-state index contributed by atoms with van der Waals surface area (Å²) in [5, 5.41) is 0.378. The molecule has 0 aromatic heterocycles. The SMILES string of the molecule is Cc1ccc(S(=O)(=O)N(Cc2ccccc2Cl)C(=O)O[C@@H]2C[C@]3(C(C)C)CC[C@]2(C)O3)cc1. The number of amides is 1. The number of carbonyl (C=O) groups excluding carboxylic acids is 1. The van der Waals surface area contributed by atoms with E-state index in [2.05, 4.69) is 13.8 Å². The van der Waals surface area contributed by atoms with Crippen LogP contribution in [-0.4, -0.2) is 36.1 Å². The molecule has 2 aromatic carbocycles. The van der Waals surface area contributed by atoms with Crippen LogP contribution in [0.2, 0.25) is 5.02 Å². The van der Waals surface area contributed by atoms with Crippen molar-refractivity contribution in [3.05, 3.63) is 64.7 Å². The number of hydrogen-bond donors (Lipinski definition) is 0. The zero-order valence-corrected chi connectivity index (χ0v) is 20.9. The summed E-state index contributed by atoms with van der Waals surface area (Å²) >= 11 is 6.29. The molecule has 0 aliphatic carbocycles. The minimum Gasteiger partial charge on any atom is -0.442 e. The highest BCUT2D eigenvalue weighted by Gasteiger charge is 2.62. The van der Waals surface area contributed by atoms with Crippen molar-refractivity contribution in [2.24, 2.45) is 5.92 Å². The van der Waals surface area contributed by atoms with Gasteiger partial charge in [0.1, 0.15) is 11.7 Å². The molecule has 2 aliphatic rings. The molecule has 0 saturated carbocycles.